The van der Waals surface area contributed by atoms with Crippen LogP contribution in [0.15, 0.2) is 23.1 Å². The lowest BCUT2D eigenvalue weighted by Crippen LogP contribution is -2.48. The molecule has 0 spiro atoms. The summed E-state index contributed by atoms with van der Waals surface area (Å²) < 4.78 is 31.7. The molecule has 2 N–H and O–H groups in total. The molecule has 20 heavy (non-hydrogen) atoms. The van der Waals surface area contributed by atoms with Gasteiger partial charge in [-0.15, -0.1) is 0 Å². The van der Waals surface area contributed by atoms with Crippen molar-refractivity contribution in [2.45, 2.75) is 24.3 Å². The predicted octanol–water partition coefficient (Wildman–Crippen LogP) is 1.71. The second kappa shape index (κ2) is 5.89. The van der Waals surface area contributed by atoms with Crippen molar-refractivity contribution in [3.05, 3.63) is 23.2 Å². The maximum Gasteiger partial charge on any atom is 0.243 e. The Morgan fingerprint density at radius 2 is 2.10 bits per heavy atom. The Balaban J connectivity index is 2.32. The zero-order valence-electron chi connectivity index (χ0n) is 11.5. The summed E-state index contributed by atoms with van der Waals surface area (Å²) in [5.74, 6) is 0.705. The zero-order chi connectivity index (χ0) is 14.9. The van der Waals surface area contributed by atoms with E-state index in [1.165, 1.54) is 23.5 Å². The zero-order valence-corrected chi connectivity index (χ0v) is 13.1. The lowest BCUT2D eigenvalue weighted by Gasteiger charge is -2.33. The number of benzene rings is 1. The molecule has 2 atom stereocenters. The number of rotatable bonds is 3. The molecular formula is C13H19ClN2O3S. The Hall–Kier alpha value is -0.820. The molecule has 1 aromatic rings. The smallest absolute Gasteiger partial charge is 0.243 e. The summed E-state index contributed by atoms with van der Waals surface area (Å²) in [6.07, 6.45) is 0.843. The SMILES string of the molecule is COc1ccc(S(=O)(=O)N2CC(C)CC(N)C2)cc1Cl. The Bertz CT molecular complexity index is 581. The summed E-state index contributed by atoms with van der Waals surface area (Å²) in [7, 11) is -2.08. The first-order chi connectivity index (χ1) is 9.34. The molecule has 0 amide bonds. The molecule has 5 nitrogen and oxygen atoms in total. The number of halogens is 1. The third-order valence-corrected chi connectivity index (χ3v) is 5.54. The van der Waals surface area contributed by atoms with E-state index >= 15 is 0 Å². The second-order valence-electron chi connectivity index (χ2n) is 5.22. The van der Waals surface area contributed by atoms with Crippen LogP contribution in [0.4, 0.5) is 0 Å². The summed E-state index contributed by atoms with van der Waals surface area (Å²) in [6, 6.07) is 4.36. The number of piperidine rings is 1. The predicted molar refractivity (Wildman–Crippen MR) is 78.5 cm³/mol. The fraction of sp³-hybridized carbons (Fsp3) is 0.538. The highest BCUT2D eigenvalue weighted by Gasteiger charge is 2.32. The van der Waals surface area contributed by atoms with Gasteiger partial charge in [-0.2, -0.15) is 4.31 Å². The Labute approximate surface area is 124 Å². The van der Waals surface area contributed by atoms with Crippen LogP contribution in [0.1, 0.15) is 13.3 Å². The minimum Gasteiger partial charge on any atom is -0.495 e. The van der Waals surface area contributed by atoms with Gasteiger partial charge in [0.2, 0.25) is 10.0 Å². The van der Waals surface area contributed by atoms with E-state index in [2.05, 4.69) is 0 Å². The summed E-state index contributed by atoms with van der Waals surface area (Å²) in [6.45, 7) is 2.83. The third-order valence-electron chi connectivity index (χ3n) is 3.42. The first-order valence-corrected chi connectivity index (χ1v) is 8.25. The number of nitrogens with two attached hydrogens (primary N) is 1. The highest BCUT2D eigenvalue weighted by Crippen LogP contribution is 2.29. The van der Waals surface area contributed by atoms with Crippen LogP contribution in [-0.4, -0.2) is 39.0 Å². The number of ether oxygens (including phenoxy) is 1. The minimum absolute atomic E-state index is 0.123. The van der Waals surface area contributed by atoms with Crippen molar-refractivity contribution in [2.24, 2.45) is 11.7 Å². The van der Waals surface area contributed by atoms with Gasteiger partial charge in [0.15, 0.2) is 0 Å². The third kappa shape index (κ3) is 3.09. The van der Waals surface area contributed by atoms with Crippen molar-refractivity contribution in [1.29, 1.82) is 0 Å². The Morgan fingerprint density at radius 1 is 1.40 bits per heavy atom. The molecule has 1 aliphatic rings. The van der Waals surface area contributed by atoms with Crippen LogP contribution < -0.4 is 10.5 Å². The molecule has 0 radical (unpaired) electrons. The molecule has 112 valence electrons. The van der Waals surface area contributed by atoms with E-state index in [0.717, 1.165) is 6.42 Å². The normalized spacial score (nSPS) is 24.6. The van der Waals surface area contributed by atoms with Gasteiger partial charge in [0.1, 0.15) is 5.75 Å². The van der Waals surface area contributed by atoms with Crippen molar-refractivity contribution in [3.8, 4) is 5.75 Å². The van der Waals surface area contributed by atoms with Crippen molar-refractivity contribution in [2.75, 3.05) is 20.2 Å². The second-order valence-corrected chi connectivity index (χ2v) is 7.56. The molecule has 1 aromatic carbocycles. The molecule has 2 rings (SSSR count). The van der Waals surface area contributed by atoms with Crippen LogP contribution in [0.3, 0.4) is 0 Å². The van der Waals surface area contributed by atoms with Gasteiger partial charge in [0, 0.05) is 19.1 Å². The molecule has 0 aromatic heterocycles. The fourth-order valence-corrected chi connectivity index (χ4v) is 4.47. The van der Waals surface area contributed by atoms with Crippen molar-refractivity contribution >= 4 is 21.6 Å². The maximum absolute atomic E-state index is 12.6. The molecular weight excluding hydrogens is 300 g/mol. The summed E-state index contributed by atoms with van der Waals surface area (Å²) in [4.78, 5) is 0.171. The number of hydrogen-bond donors (Lipinski definition) is 1. The largest absolute Gasteiger partial charge is 0.495 e. The van der Waals surface area contributed by atoms with E-state index < -0.39 is 10.0 Å². The van der Waals surface area contributed by atoms with Gasteiger partial charge >= 0.3 is 0 Å². The van der Waals surface area contributed by atoms with E-state index in [9.17, 15) is 8.42 Å². The van der Waals surface area contributed by atoms with Gasteiger partial charge in [-0.3, -0.25) is 0 Å². The maximum atomic E-state index is 12.6. The number of sulfonamides is 1. The molecule has 1 saturated heterocycles. The number of hydrogen-bond acceptors (Lipinski definition) is 4. The van der Waals surface area contributed by atoms with E-state index in [1.807, 2.05) is 6.92 Å². The fourth-order valence-electron chi connectivity index (χ4n) is 2.50. The van der Waals surface area contributed by atoms with Crippen LogP contribution in [0.25, 0.3) is 0 Å². The van der Waals surface area contributed by atoms with E-state index in [1.54, 1.807) is 6.07 Å². The van der Waals surface area contributed by atoms with Gasteiger partial charge in [0.25, 0.3) is 0 Å². The number of methoxy groups -OCH3 is 1. The molecule has 7 heteroatoms. The minimum atomic E-state index is -3.56. The van der Waals surface area contributed by atoms with E-state index in [0.29, 0.717) is 18.8 Å². The highest BCUT2D eigenvalue weighted by molar-refractivity contribution is 7.89. The molecule has 0 bridgehead atoms. The highest BCUT2D eigenvalue weighted by atomic mass is 35.5. The van der Waals surface area contributed by atoms with E-state index in [-0.39, 0.29) is 21.9 Å². The average Bonchev–Trinajstić information content (AvgIpc) is 2.37. The summed E-state index contributed by atoms with van der Waals surface area (Å²) in [5, 5.41) is 0.280. The molecule has 2 unspecified atom stereocenters. The monoisotopic (exact) mass is 318 g/mol. The van der Waals surface area contributed by atoms with Crippen molar-refractivity contribution < 1.29 is 13.2 Å². The van der Waals surface area contributed by atoms with Gasteiger partial charge in [0.05, 0.1) is 17.0 Å². The molecule has 1 aliphatic heterocycles. The van der Waals surface area contributed by atoms with Crippen LogP contribution >= 0.6 is 11.6 Å². The summed E-state index contributed by atoms with van der Waals surface area (Å²) >= 11 is 6.00. The van der Waals surface area contributed by atoms with Gasteiger partial charge in [-0.05, 0) is 30.5 Å². The summed E-state index contributed by atoms with van der Waals surface area (Å²) in [5.41, 5.74) is 5.91. The first-order valence-electron chi connectivity index (χ1n) is 6.44. The van der Waals surface area contributed by atoms with Gasteiger partial charge in [-0.25, -0.2) is 8.42 Å². The van der Waals surface area contributed by atoms with Crippen molar-refractivity contribution in [1.82, 2.24) is 4.31 Å². The lowest BCUT2D eigenvalue weighted by molar-refractivity contribution is 0.254. The molecule has 0 saturated carbocycles. The topological polar surface area (TPSA) is 72.6 Å². The first kappa shape index (κ1) is 15.6. The van der Waals surface area contributed by atoms with Crippen LogP contribution in [0.5, 0.6) is 5.75 Å². The number of nitrogens with zero attached hydrogens (tertiary/aromatic N) is 1. The van der Waals surface area contributed by atoms with Crippen LogP contribution in [-0.2, 0) is 10.0 Å². The molecule has 1 fully saturated rings. The van der Waals surface area contributed by atoms with Crippen LogP contribution in [0, 0.1) is 5.92 Å². The molecule has 1 heterocycles. The van der Waals surface area contributed by atoms with Crippen LogP contribution in [0.2, 0.25) is 5.02 Å². The molecule has 0 aliphatic carbocycles. The average molecular weight is 319 g/mol. The van der Waals surface area contributed by atoms with E-state index in [4.69, 9.17) is 22.1 Å². The van der Waals surface area contributed by atoms with Gasteiger partial charge < -0.3 is 10.5 Å². The van der Waals surface area contributed by atoms with Gasteiger partial charge in [-0.1, -0.05) is 18.5 Å². The van der Waals surface area contributed by atoms with Crippen molar-refractivity contribution in [3.63, 3.8) is 0 Å². The Morgan fingerprint density at radius 3 is 2.65 bits per heavy atom. The standard InChI is InChI=1S/C13H19ClN2O3S/c1-9-5-10(15)8-16(7-9)20(17,18)11-3-4-13(19-2)12(14)6-11/h3-4,6,9-10H,5,7-8,15H2,1-2H3. The Kier molecular flexibility index (Phi) is 4.59. The lowest BCUT2D eigenvalue weighted by atomic mass is 9.99. The quantitative estimate of drug-likeness (QED) is 0.920.